The number of hydrogen-bond acceptors (Lipinski definition) is 1. The molecule has 4 aliphatic carbocycles. The minimum atomic E-state index is -0.615. The number of fused-ring (bicyclic) bond motifs is 13. The summed E-state index contributed by atoms with van der Waals surface area (Å²) >= 11 is 0. The smallest absolute Gasteiger partial charge is 0.0729 e. The predicted octanol–water partition coefficient (Wildman–Crippen LogP) is 15.7. The van der Waals surface area contributed by atoms with Crippen molar-refractivity contribution in [1.29, 1.82) is 0 Å². The van der Waals surface area contributed by atoms with Gasteiger partial charge in [0.15, 0.2) is 0 Å². The van der Waals surface area contributed by atoms with E-state index < -0.39 is 5.41 Å². The van der Waals surface area contributed by atoms with Gasteiger partial charge in [-0.05, 0) is 138 Å². The Morgan fingerprint density at radius 1 is 0.460 bits per heavy atom. The lowest BCUT2D eigenvalue weighted by Crippen LogP contribution is -2.27. The van der Waals surface area contributed by atoms with Gasteiger partial charge in [-0.15, -0.1) is 6.42 Å². The molecule has 0 aromatic heterocycles. The van der Waals surface area contributed by atoms with Gasteiger partial charge in [-0.2, -0.15) is 0 Å². The maximum atomic E-state index is 6.21. The Labute approximate surface area is 371 Å². The van der Waals surface area contributed by atoms with E-state index in [-0.39, 0.29) is 10.8 Å². The molecule has 0 amide bonds. The van der Waals surface area contributed by atoms with E-state index in [2.05, 4.69) is 227 Å². The Morgan fingerprint density at radius 3 is 1.56 bits per heavy atom. The molecular formula is C62H47N. The van der Waals surface area contributed by atoms with Crippen LogP contribution in [-0.4, -0.2) is 0 Å². The molecule has 63 heavy (non-hydrogen) atoms. The number of terminal acetylenes is 1. The molecule has 4 aliphatic rings. The Morgan fingerprint density at radius 2 is 0.952 bits per heavy atom. The van der Waals surface area contributed by atoms with E-state index in [1.54, 1.807) is 0 Å². The molecule has 1 atom stereocenters. The van der Waals surface area contributed by atoms with Gasteiger partial charge in [0.1, 0.15) is 0 Å². The van der Waals surface area contributed by atoms with Crippen molar-refractivity contribution in [3.8, 4) is 56.9 Å². The molecule has 0 fully saturated rings. The summed E-state index contributed by atoms with van der Waals surface area (Å²) in [4.78, 5) is 2.56. The molecule has 1 nitrogen and oxygen atoms in total. The maximum absolute atomic E-state index is 6.21. The van der Waals surface area contributed by atoms with Gasteiger partial charge in [-0.25, -0.2) is 0 Å². The molecule has 0 N–H and O–H groups in total. The number of rotatable bonds is 4. The van der Waals surface area contributed by atoms with Gasteiger partial charge in [0, 0.05) is 27.8 Å². The average molecular weight is 806 g/mol. The summed E-state index contributed by atoms with van der Waals surface area (Å²) in [5.41, 5.74) is 25.5. The summed E-state index contributed by atoms with van der Waals surface area (Å²) in [6.45, 7) is 11.7. The van der Waals surface area contributed by atoms with Gasteiger partial charge >= 0.3 is 0 Å². The molecule has 300 valence electrons. The first-order valence-corrected chi connectivity index (χ1v) is 22.3. The van der Waals surface area contributed by atoms with Crippen LogP contribution in [0.5, 0.6) is 0 Å². The highest BCUT2D eigenvalue weighted by atomic mass is 15.1. The highest BCUT2D eigenvalue weighted by Gasteiger charge is 2.55. The molecule has 0 aliphatic heterocycles. The van der Waals surface area contributed by atoms with E-state index in [9.17, 15) is 0 Å². The fourth-order valence-electron chi connectivity index (χ4n) is 12.3. The van der Waals surface area contributed by atoms with E-state index >= 15 is 0 Å². The summed E-state index contributed by atoms with van der Waals surface area (Å²) in [7, 11) is 0. The third-order valence-corrected chi connectivity index (χ3v) is 15.0. The van der Waals surface area contributed by atoms with Gasteiger partial charge in [0.05, 0.1) is 11.1 Å². The largest absolute Gasteiger partial charge is 0.310 e. The van der Waals surface area contributed by atoms with Gasteiger partial charge in [0.25, 0.3) is 0 Å². The van der Waals surface area contributed by atoms with Crippen LogP contribution in [0.15, 0.2) is 194 Å². The van der Waals surface area contributed by atoms with Crippen LogP contribution in [0.1, 0.15) is 79.1 Å². The first-order valence-electron chi connectivity index (χ1n) is 22.3. The van der Waals surface area contributed by atoms with Gasteiger partial charge in [-0.3, -0.25) is 0 Å². The fourth-order valence-corrected chi connectivity index (χ4v) is 12.3. The van der Waals surface area contributed by atoms with Crippen molar-refractivity contribution in [3.05, 3.63) is 238 Å². The molecule has 12 rings (SSSR count). The number of allylic oxidation sites excluding steroid dienone is 4. The quantitative estimate of drug-likeness (QED) is 0.160. The lowest BCUT2D eigenvalue weighted by Gasteiger charge is -2.34. The molecule has 0 saturated heterocycles. The number of hydrogen-bond donors (Lipinski definition) is 0. The predicted molar refractivity (Wildman–Crippen MR) is 264 cm³/mol. The summed E-state index contributed by atoms with van der Waals surface area (Å²) in [5, 5.41) is 0. The molecule has 0 heterocycles. The zero-order valence-electron chi connectivity index (χ0n) is 36.4. The SMILES string of the molecule is C#C/C=C1\C(=C/C)C2(c3ccccc3-c3c(N(c4ccc5c(c4)C(C)(C)c4ccccc4-5)c4ccc5c(c4)C(C)(C)c4ccccc4-5)cccc32)c2c1cccc2-c1ccccc1. The maximum Gasteiger partial charge on any atom is 0.0729 e. The van der Waals surface area contributed by atoms with E-state index in [1.165, 1.54) is 94.6 Å². The lowest BCUT2D eigenvalue weighted by molar-refractivity contribution is 0.660. The summed E-state index contributed by atoms with van der Waals surface area (Å²) in [6, 6.07) is 66.0. The molecule has 0 bridgehead atoms. The topological polar surface area (TPSA) is 3.24 Å². The standard InChI is InChI=1S/C62H47N/c1-7-20-43-48-27-18-26-42(39-21-10-9-11-22-39)59(48)62(50(43)8-2)53-30-17-14-25-49(53)58-54(62)31-19-32-57(58)63(40-33-35-46-44-23-12-15-28-51(44)60(3,4)55(46)37-40)41-34-36-47-45-24-13-16-29-52(45)61(5,6)56(47)38-41/h1,8-38H,2-6H3/b43-20-,50-8+. The molecule has 8 aromatic carbocycles. The minimum Gasteiger partial charge on any atom is -0.310 e. The van der Waals surface area contributed by atoms with Crippen molar-refractivity contribution < 1.29 is 0 Å². The monoisotopic (exact) mass is 805 g/mol. The Kier molecular flexibility index (Phi) is 7.89. The second kappa shape index (κ2) is 13.3. The molecule has 0 saturated carbocycles. The third kappa shape index (κ3) is 4.84. The average Bonchev–Trinajstić information content (AvgIpc) is 3.94. The van der Waals surface area contributed by atoms with Crippen molar-refractivity contribution in [2.45, 2.75) is 50.9 Å². The van der Waals surface area contributed by atoms with Crippen LogP contribution in [0.3, 0.4) is 0 Å². The van der Waals surface area contributed by atoms with Crippen LogP contribution in [0.25, 0.3) is 50.1 Å². The molecule has 8 aromatic rings. The summed E-state index contributed by atoms with van der Waals surface area (Å²) in [5.74, 6) is 2.96. The third-order valence-electron chi connectivity index (χ3n) is 15.0. The fraction of sp³-hybridized carbons (Fsp3) is 0.129. The first kappa shape index (κ1) is 37.4. The van der Waals surface area contributed by atoms with Crippen LogP contribution in [0.4, 0.5) is 17.1 Å². The zero-order chi connectivity index (χ0) is 42.8. The minimum absolute atomic E-state index is 0.160. The van der Waals surface area contributed by atoms with E-state index in [0.717, 1.165) is 22.6 Å². The van der Waals surface area contributed by atoms with Crippen molar-refractivity contribution in [2.75, 3.05) is 4.90 Å². The van der Waals surface area contributed by atoms with Gasteiger partial charge in [0.2, 0.25) is 0 Å². The summed E-state index contributed by atoms with van der Waals surface area (Å²) in [6.07, 6.45) is 10.5. The normalized spacial score (nSPS) is 18.6. The Bertz CT molecular complexity index is 3260. The molecule has 0 radical (unpaired) electrons. The van der Waals surface area contributed by atoms with Crippen molar-refractivity contribution in [2.24, 2.45) is 0 Å². The van der Waals surface area contributed by atoms with E-state index in [4.69, 9.17) is 6.42 Å². The van der Waals surface area contributed by atoms with Crippen LogP contribution >= 0.6 is 0 Å². The second-order valence-corrected chi connectivity index (χ2v) is 18.7. The van der Waals surface area contributed by atoms with Crippen LogP contribution in [0.2, 0.25) is 0 Å². The molecule has 1 heteroatoms. The first-order chi connectivity index (χ1) is 30.7. The highest BCUT2D eigenvalue weighted by Crippen LogP contribution is 2.67. The number of anilines is 3. The Hall–Kier alpha value is -7.40. The summed E-state index contributed by atoms with van der Waals surface area (Å²) < 4.78 is 0. The van der Waals surface area contributed by atoms with Crippen LogP contribution in [0, 0.1) is 12.3 Å². The van der Waals surface area contributed by atoms with E-state index in [1.807, 2.05) is 6.08 Å². The molecule has 1 unspecified atom stereocenters. The van der Waals surface area contributed by atoms with Crippen LogP contribution < -0.4 is 4.90 Å². The molecular weight excluding hydrogens is 759 g/mol. The number of benzene rings is 8. The molecule has 1 spiro atoms. The zero-order valence-corrected chi connectivity index (χ0v) is 36.4. The second-order valence-electron chi connectivity index (χ2n) is 18.7. The number of nitrogens with zero attached hydrogens (tertiary/aromatic N) is 1. The Balaban J connectivity index is 1.17. The van der Waals surface area contributed by atoms with Gasteiger partial charge in [-0.1, -0.05) is 185 Å². The van der Waals surface area contributed by atoms with Crippen molar-refractivity contribution in [3.63, 3.8) is 0 Å². The van der Waals surface area contributed by atoms with Crippen LogP contribution in [-0.2, 0) is 16.2 Å². The van der Waals surface area contributed by atoms with Gasteiger partial charge < -0.3 is 4.90 Å². The van der Waals surface area contributed by atoms with Crippen molar-refractivity contribution >= 4 is 22.6 Å². The highest BCUT2D eigenvalue weighted by molar-refractivity contribution is 6.06. The van der Waals surface area contributed by atoms with E-state index in [0.29, 0.717) is 0 Å². The van der Waals surface area contributed by atoms with Crippen molar-refractivity contribution in [1.82, 2.24) is 0 Å². The lowest BCUT2D eigenvalue weighted by atomic mass is 9.68.